The molecule has 4 aromatic rings. The maximum absolute atomic E-state index is 13.7. The van der Waals surface area contributed by atoms with Crippen LogP contribution >= 0.6 is 27.5 Å². The van der Waals surface area contributed by atoms with Gasteiger partial charge in [-0.2, -0.15) is 4.31 Å². The molecule has 2 aromatic carbocycles. The third kappa shape index (κ3) is 5.50. The number of furan rings is 1. The van der Waals surface area contributed by atoms with E-state index in [1.54, 1.807) is 23.1 Å². The van der Waals surface area contributed by atoms with Crippen LogP contribution in [0.3, 0.4) is 0 Å². The Morgan fingerprint density at radius 1 is 1.00 bits per heavy atom. The Balaban J connectivity index is 1.40. The fourth-order valence-corrected chi connectivity index (χ4v) is 6.16. The minimum Gasteiger partial charge on any atom is -0.462 e. The molecule has 1 fully saturated rings. The third-order valence-corrected chi connectivity index (χ3v) is 8.84. The average molecular weight is 601 g/mol. The van der Waals surface area contributed by atoms with E-state index in [9.17, 15) is 13.2 Å². The zero-order valence-electron chi connectivity index (χ0n) is 19.9. The number of piperazine rings is 1. The van der Waals surface area contributed by atoms with Gasteiger partial charge >= 0.3 is 0 Å². The molecule has 0 spiro atoms. The van der Waals surface area contributed by atoms with Crippen LogP contribution in [0.2, 0.25) is 5.02 Å². The van der Waals surface area contributed by atoms with E-state index >= 15 is 0 Å². The molecule has 0 bridgehead atoms. The Kier molecular flexibility index (Phi) is 7.22. The van der Waals surface area contributed by atoms with Crippen molar-refractivity contribution in [2.24, 2.45) is 0 Å². The summed E-state index contributed by atoms with van der Waals surface area (Å²) in [6.45, 7) is 2.84. The van der Waals surface area contributed by atoms with Crippen molar-refractivity contribution in [2.45, 2.75) is 11.8 Å². The van der Waals surface area contributed by atoms with Gasteiger partial charge in [0.2, 0.25) is 10.0 Å². The number of halogens is 2. The van der Waals surface area contributed by atoms with Crippen molar-refractivity contribution < 1.29 is 17.6 Å². The molecule has 2 aromatic heterocycles. The number of pyridine rings is 1. The van der Waals surface area contributed by atoms with Crippen LogP contribution < -0.4 is 0 Å². The molecule has 0 aliphatic carbocycles. The van der Waals surface area contributed by atoms with Crippen LogP contribution in [0.4, 0.5) is 0 Å². The summed E-state index contributed by atoms with van der Waals surface area (Å²) < 4.78 is 33.9. The number of sulfonamides is 1. The molecule has 7 nitrogen and oxygen atoms in total. The first kappa shape index (κ1) is 25.7. The largest absolute Gasteiger partial charge is 0.462 e. The van der Waals surface area contributed by atoms with Crippen molar-refractivity contribution in [1.82, 2.24) is 14.2 Å². The number of amides is 1. The van der Waals surface area contributed by atoms with Crippen molar-refractivity contribution in [2.75, 3.05) is 26.2 Å². The second kappa shape index (κ2) is 10.4. The fourth-order valence-electron chi connectivity index (χ4n) is 4.25. The van der Waals surface area contributed by atoms with Crippen LogP contribution in [0.25, 0.3) is 23.1 Å². The Morgan fingerprint density at radius 3 is 2.41 bits per heavy atom. The van der Waals surface area contributed by atoms with E-state index in [1.807, 2.05) is 49.4 Å². The van der Waals surface area contributed by atoms with Crippen molar-refractivity contribution in [3.8, 4) is 0 Å². The van der Waals surface area contributed by atoms with Gasteiger partial charge in [-0.3, -0.25) is 4.79 Å². The second-order valence-electron chi connectivity index (χ2n) is 8.69. The van der Waals surface area contributed by atoms with E-state index < -0.39 is 10.0 Å². The highest BCUT2D eigenvalue weighted by Gasteiger charge is 2.31. The van der Waals surface area contributed by atoms with Gasteiger partial charge in [0.15, 0.2) is 0 Å². The summed E-state index contributed by atoms with van der Waals surface area (Å²) in [6.07, 6.45) is 3.63. The minimum atomic E-state index is -3.67. The molecule has 0 saturated carbocycles. The summed E-state index contributed by atoms with van der Waals surface area (Å²) in [5, 5.41) is 1.20. The molecular weight excluding hydrogens is 578 g/mol. The van der Waals surface area contributed by atoms with Gasteiger partial charge in [-0.05, 0) is 79.7 Å². The first-order chi connectivity index (χ1) is 17.7. The van der Waals surface area contributed by atoms with Crippen LogP contribution in [0.1, 0.15) is 27.6 Å². The quantitative estimate of drug-likeness (QED) is 0.286. The van der Waals surface area contributed by atoms with Crippen molar-refractivity contribution in [3.63, 3.8) is 0 Å². The zero-order chi connectivity index (χ0) is 26.2. The SMILES string of the molecule is Cc1ccc(/C=C/c2cc(C(=O)N3CCN(S(=O)(=O)c4ccc(Cl)cc4)CC3)c3cc(Br)ccc3n2)o1. The minimum absolute atomic E-state index is 0.169. The maximum atomic E-state index is 13.7. The van der Waals surface area contributed by atoms with Gasteiger partial charge in [0.25, 0.3) is 5.91 Å². The van der Waals surface area contributed by atoms with Gasteiger partial charge < -0.3 is 9.32 Å². The Morgan fingerprint density at radius 2 is 1.73 bits per heavy atom. The number of benzene rings is 2. The topological polar surface area (TPSA) is 83.7 Å². The Bertz CT molecular complexity index is 1610. The molecule has 5 rings (SSSR count). The lowest BCUT2D eigenvalue weighted by Gasteiger charge is -2.34. The molecular formula is C27H23BrClN3O4S. The van der Waals surface area contributed by atoms with Crippen molar-refractivity contribution in [1.29, 1.82) is 0 Å². The average Bonchev–Trinajstić information content (AvgIpc) is 3.32. The van der Waals surface area contributed by atoms with Crippen LogP contribution in [0.15, 0.2) is 74.4 Å². The monoisotopic (exact) mass is 599 g/mol. The maximum Gasteiger partial charge on any atom is 0.254 e. The summed E-state index contributed by atoms with van der Waals surface area (Å²) in [6, 6.07) is 17.2. The van der Waals surface area contributed by atoms with E-state index in [1.165, 1.54) is 16.4 Å². The molecule has 3 heterocycles. The first-order valence-electron chi connectivity index (χ1n) is 11.6. The lowest BCUT2D eigenvalue weighted by molar-refractivity contribution is 0.0700. The molecule has 1 aliphatic rings. The number of carbonyl (C=O) groups excluding carboxylic acids is 1. The number of hydrogen-bond donors (Lipinski definition) is 0. The summed E-state index contributed by atoms with van der Waals surface area (Å²) in [4.78, 5) is 20.2. The predicted octanol–water partition coefficient (Wildman–Crippen LogP) is 5.87. The number of nitrogens with zero attached hydrogens (tertiary/aromatic N) is 3. The van der Waals surface area contributed by atoms with Crippen LogP contribution in [-0.4, -0.2) is 54.7 Å². The number of aryl methyl sites for hydroxylation is 1. The Labute approximate surface area is 228 Å². The molecule has 0 N–H and O–H groups in total. The second-order valence-corrected chi connectivity index (χ2v) is 12.0. The fraction of sp³-hybridized carbons (Fsp3) is 0.185. The highest BCUT2D eigenvalue weighted by molar-refractivity contribution is 9.10. The van der Waals surface area contributed by atoms with Crippen LogP contribution in [0.5, 0.6) is 0 Å². The molecule has 0 radical (unpaired) electrons. The van der Waals surface area contributed by atoms with Gasteiger partial charge in [0.1, 0.15) is 11.5 Å². The predicted molar refractivity (Wildman–Crippen MR) is 148 cm³/mol. The zero-order valence-corrected chi connectivity index (χ0v) is 23.1. The van der Waals surface area contributed by atoms with Gasteiger partial charge in [-0.1, -0.05) is 27.5 Å². The molecule has 1 saturated heterocycles. The normalized spacial score (nSPS) is 15.1. The lowest BCUT2D eigenvalue weighted by atomic mass is 10.1. The summed E-state index contributed by atoms with van der Waals surface area (Å²) in [5.74, 6) is 1.34. The summed E-state index contributed by atoms with van der Waals surface area (Å²) in [7, 11) is -3.67. The Hall–Kier alpha value is -2.98. The van der Waals surface area contributed by atoms with Gasteiger partial charge in [0, 0.05) is 41.1 Å². The third-order valence-electron chi connectivity index (χ3n) is 6.18. The molecule has 1 amide bonds. The lowest BCUT2D eigenvalue weighted by Crippen LogP contribution is -2.50. The van der Waals surface area contributed by atoms with E-state index in [-0.39, 0.29) is 37.0 Å². The van der Waals surface area contributed by atoms with Crippen LogP contribution in [-0.2, 0) is 10.0 Å². The molecule has 1 aliphatic heterocycles. The van der Waals surface area contributed by atoms with Gasteiger partial charge in [-0.25, -0.2) is 13.4 Å². The number of rotatable bonds is 5. The standard InChI is InChI=1S/C27H23BrClN3O4S/c1-18-2-7-22(36-18)8-6-21-17-25(24-16-19(28)3-11-26(24)30-21)27(33)31-12-14-32(15-13-31)37(34,35)23-9-4-20(29)5-10-23/h2-11,16-17H,12-15H2,1H3/b8-6+. The van der Waals surface area contributed by atoms with E-state index in [2.05, 4.69) is 15.9 Å². The molecule has 190 valence electrons. The van der Waals surface area contributed by atoms with Crippen molar-refractivity contribution in [3.05, 3.63) is 92.9 Å². The van der Waals surface area contributed by atoms with E-state index in [0.717, 1.165) is 15.6 Å². The van der Waals surface area contributed by atoms with Crippen molar-refractivity contribution >= 4 is 66.5 Å². The number of aromatic nitrogens is 1. The van der Waals surface area contributed by atoms with E-state index in [0.29, 0.717) is 27.6 Å². The summed E-state index contributed by atoms with van der Waals surface area (Å²) >= 11 is 9.39. The highest BCUT2D eigenvalue weighted by atomic mass is 79.9. The molecule has 0 atom stereocenters. The molecule has 0 unspecified atom stereocenters. The van der Waals surface area contributed by atoms with Gasteiger partial charge in [0.05, 0.1) is 21.7 Å². The highest BCUT2D eigenvalue weighted by Crippen LogP contribution is 2.26. The first-order valence-corrected chi connectivity index (χ1v) is 14.2. The number of fused-ring (bicyclic) bond motifs is 1. The number of hydrogen-bond acceptors (Lipinski definition) is 5. The molecule has 10 heteroatoms. The van der Waals surface area contributed by atoms with Gasteiger partial charge in [-0.15, -0.1) is 0 Å². The number of carbonyl (C=O) groups is 1. The smallest absolute Gasteiger partial charge is 0.254 e. The van der Waals surface area contributed by atoms with Crippen LogP contribution in [0, 0.1) is 6.92 Å². The summed E-state index contributed by atoms with van der Waals surface area (Å²) in [5.41, 5.74) is 1.82. The van der Waals surface area contributed by atoms with E-state index in [4.69, 9.17) is 21.0 Å². The molecule has 37 heavy (non-hydrogen) atoms.